The number of hydrogen-bond acceptors (Lipinski definition) is 4. The Hall–Kier alpha value is -3.41. The van der Waals surface area contributed by atoms with Crippen molar-refractivity contribution in [3.05, 3.63) is 72.2 Å². The van der Waals surface area contributed by atoms with Crippen molar-refractivity contribution in [1.82, 2.24) is 10.3 Å². The van der Waals surface area contributed by atoms with Crippen LogP contribution in [0.4, 0.5) is 5.69 Å². The van der Waals surface area contributed by atoms with Crippen LogP contribution in [0.15, 0.2) is 65.2 Å². The topological polar surface area (TPSA) is 84.2 Å². The summed E-state index contributed by atoms with van der Waals surface area (Å²) in [7, 11) is 0. The van der Waals surface area contributed by atoms with Crippen molar-refractivity contribution in [1.29, 1.82) is 0 Å². The molecule has 1 fully saturated rings. The summed E-state index contributed by atoms with van der Waals surface area (Å²) in [5.41, 5.74) is 2.67. The third-order valence-corrected chi connectivity index (χ3v) is 4.81. The molecule has 2 amide bonds. The third-order valence-electron chi connectivity index (χ3n) is 4.81. The molecule has 0 bridgehead atoms. The van der Waals surface area contributed by atoms with Gasteiger partial charge in [-0.15, -0.1) is 0 Å². The lowest BCUT2D eigenvalue weighted by Gasteiger charge is -2.08. The number of rotatable bonds is 8. The number of oxazole rings is 1. The maximum absolute atomic E-state index is 12.2. The fraction of sp³-hybridized carbons (Fsp3) is 0.261. The first kappa shape index (κ1) is 18.9. The average molecular weight is 389 g/mol. The molecule has 0 radical (unpaired) electrons. The van der Waals surface area contributed by atoms with Gasteiger partial charge in [-0.1, -0.05) is 42.5 Å². The van der Waals surface area contributed by atoms with Crippen LogP contribution in [0.1, 0.15) is 30.7 Å². The minimum absolute atomic E-state index is 0.0723. The van der Waals surface area contributed by atoms with Gasteiger partial charge in [0.2, 0.25) is 11.8 Å². The molecule has 6 nitrogen and oxygen atoms in total. The molecule has 0 spiro atoms. The van der Waals surface area contributed by atoms with E-state index in [0.29, 0.717) is 31.0 Å². The van der Waals surface area contributed by atoms with E-state index in [9.17, 15) is 9.59 Å². The predicted octanol–water partition coefficient (Wildman–Crippen LogP) is 3.94. The lowest BCUT2D eigenvalue weighted by molar-refractivity contribution is -0.121. The van der Waals surface area contributed by atoms with Crippen molar-refractivity contribution >= 4 is 17.5 Å². The van der Waals surface area contributed by atoms with E-state index < -0.39 is 0 Å². The molecule has 1 aromatic heterocycles. The maximum atomic E-state index is 12.2. The minimum atomic E-state index is -0.0723. The molecule has 6 heteroatoms. The molecule has 148 valence electrons. The summed E-state index contributed by atoms with van der Waals surface area (Å²) in [4.78, 5) is 28.3. The van der Waals surface area contributed by atoms with E-state index in [0.717, 1.165) is 29.7 Å². The molecule has 2 N–H and O–H groups in total. The molecular weight excluding hydrogens is 366 g/mol. The molecular formula is C23H23N3O3. The Bertz CT molecular complexity index is 993. The number of hydrogen-bond donors (Lipinski definition) is 2. The Labute approximate surface area is 169 Å². The number of amides is 2. The number of benzene rings is 2. The molecule has 29 heavy (non-hydrogen) atoms. The van der Waals surface area contributed by atoms with Crippen molar-refractivity contribution in [2.45, 2.75) is 32.2 Å². The van der Waals surface area contributed by atoms with Crippen LogP contribution >= 0.6 is 0 Å². The largest absolute Gasteiger partial charge is 0.441 e. The molecule has 1 aliphatic rings. The van der Waals surface area contributed by atoms with Gasteiger partial charge in [-0.05, 0) is 30.5 Å². The van der Waals surface area contributed by atoms with Crippen LogP contribution in [0, 0.1) is 5.92 Å². The van der Waals surface area contributed by atoms with Crippen LogP contribution in [-0.4, -0.2) is 16.8 Å². The van der Waals surface area contributed by atoms with Gasteiger partial charge >= 0.3 is 0 Å². The second-order valence-corrected chi connectivity index (χ2v) is 7.22. The van der Waals surface area contributed by atoms with Gasteiger partial charge in [-0.2, -0.15) is 0 Å². The highest BCUT2D eigenvalue weighted by molar-refractivity contribution is 5.94. The summed E-state index contributed by atoms with van der Waals surface area (Å²) in [5, 5.41) is 5.82. The Morgan fingerprint density at radius 3 is 2.69 bits per heavy atom. The summed E-state index contributed by atoms with van der Waals surface area (Å²) < 4.78 is 5.73. The van der Waals surface area contributed by atoms with E-state index in [2.05, 4.69) is 15.6 Å². The second kappa shape index (κ2) is 8.73. The number of carbonyl (C=O) groups excluding carboxylic acids is 2. The van der Waals surface area contributed by atoms with Crippen molar-refractivity contribution < 1.29 is 14.0 Å². The molecule has 4 rings (SSSR count). The fourth-order valence-electron chi connectivity index (χ4n) is 3.02. The number of aromatic nitrogens is 1. The highest BCUT2D eigenvalue weighted by atomic mass is 16.4. The van der Waals surface area contributed by atoms with Gasteiger partial charge in [0.1, 0.15) is 0 Å². The van der Waals surface area contributed by atoms with E-state index in [-0.39, 0.29) is 17.7 Å². The summed E-state index contributed by atoms with van der Waals surface area (Å²) in [6.07, 6.45) is 4.37. The van der Waals surface area contributed by atoms with E-state index in [1.807, 2.05) is 54.6 Å². The van der Waals surface area contributed by atoms with Crippen LogP contribution in [0.25, 0.3) is 11.3 Å². The molecule has 0 aliphatic heterocycles. The Morgan fingerprint density at radius 1 is 1.07 bits per heavy atom. The zero-order valence-corrected chi connectivity index (χ0v) is 16.1. The summed E-state index contributed by atoms with van der Waals surface area (Å²) in [6, 6.07) is 17.3. The van der Waals surface area contributed by atoms with E-state index in [4.69, 9.17) is 4.42 Å². The SMILES string of the molecule is O=C(CCc1ncc(-c2ccccc2)o1)NCc1cccc(NC(=O)C2CC2)c1. The average Bonchev–Trinajstić information content (AvgIpc) is 3.50. The minimum Gasteiger partial charge on any atom is -0.441 e. The van der Waals surface area contributed by atoms with Gasteiger partial charge in [-0.25, -0.2) is 4.98 Å². The van der Waals surface area contributed by atoms with Gasteiger partial charge in [0, 0.05) is 36.6 Å². The highest BCUT2D eigenvalue weighted by Crippen LogP contribution is 2.30. The molecule has 1 aliphatic carbocycles. The number of anilines is 1. The molecule has 0 atom stereocenters. The monoisotopic (exact) mass is 389 g/mol. The van der Waals surface area contributed by atoms with Crippen LogP contribution in [0.2, 0.25) is 0 Å². The first-order valence-corrected chi connectivity index (χ1v) is 9.84. The van der Waals surface area contributed by atoms with Gasteiger partial charge in [0.25, 0.3) is 0 Å². The summed E-state index contributed by atoms with van der Waals surface area (Å²) >= 11 is 0. The van der Waals surface area contributed by atoms with Crippen LogP contribution in [-0.2, 0) is 22.6 Å². The van der Waals surface area contributed by atoms with Crippen molar-refractivity contribution in [3.8, 4) is 11.3 Å². The molecule has 1 heterocycles. The van der Waals surface area contributed by atoms with Crippen molar-refractivity contribution in [2.24, 2.45) is 5.92 Å². The normalized spacial score (nSPS) is 13.1. The van der Waals surface area contributed by atoms with Crippen LogP contribution in [0.5, 0.6) is 0 Å². The molecule has 0 saturated heterocycles. The fourth-order valence-corrected chi connectivity index (χ4v) is 3.02. The molecule has 1 saturated carbocycles. The second-order valence-electron chi connectivity index (χ2n) is 7.22. The molecule has 2 aromatic carbocycles. The van der Waals surface area contributed by atoms with Crippen LogP contribution in [0.3, 0.4) is 0 Å². The lowest BCUT2D eigenvalue weighted by atomic mass is 10.2. The standard InChI is InChI=1S/C23H23N3O3/c27-21(11-12-22-25-15-20(29-22)17-6-2-1-3-7-17)24-14-16-5-4-8-19(13-16)26-23(28)18-9-10-18/h1-8,13,15,18H,9-12,14H2,(H,24,27)(H,26,28). The Balaban J connectivity index is 1.24. The third kappa shape index (κ3) is 5.31. The zero-order chi connectivity index (χ0) is 20.1. The number of aryl methyl sites for hydroxylation is 1. The van der Waals surface area contributed by atoms with Crippen LogP contribution < -0.4 is 10.6 Å². The smallest absolute Gasteiger partial charge is 0.227 e. The first-order chi connectivity index (χ1) is 14.2. The Kier molecular flexibility index (Phi) is 5.70. The van der Waals surface area contributed by atoms with E-state index in [1.165, 1.54) is 0 Å². The number of carbonyl (C=O) groups is 2. The summed E-state index contributed by atoms with van der Waals surface area (Å²) in [5.74, 6) is 1.41. The quantitative estimate of drug-likeness (QED) is 0.611. The predicted molar refractivity (Wildman–Crippen MR) is 110 cm³/mol. The molecule has 0 unspecified atom stereocenters. The van der Waals surface area contributed by atoms with Crippen molar-refractivity contribution in [3.63, 3.8) is 0 Å². The number of nitrogens with one attached hydrogen (secondary N) is 2. The number of nitrogens with zero attached hydrogens (tertiary/aromatic N) is 1. The van der Waals surface area contributed by atoms with E-state index >= 15 is 0 Å². The van der Waals surface area contributed by atoms with E-state index in [1.54, 1.807) is 6.20 Å². The first-order valence-electron chi connectivity index (χ1n) is 9.84. The lowest BCUT2D eigenvalue weighted by Crippen LogP contribution is -2.23. The zero-order valence-electron chi connectivity index (χ0n) is 16.1. The molecule has 3 aromatic rings. The van der Waals surface area contributed by atoms with Gasteiger partial charge in [-0.3, -0.25) is 9.59 Å². The Morgan fingerprint density at radius 2 is 1.90 bits per heavy atom. The maximum Gasteiger partial charge on any atom is 0.227 e. The summed E-state index contributed by atoms with van der Waals surface area (Å²) in [6.45, 7) is 0.410. The van der Waals surface area contributed by atoms with Gasteiger partial charge in [0.05, 0.1) is 6.20 Å². The van der Waals surface area contributed by atoms with Gasteiger partial charge in [0.15, 0.2) is 11.7 Å². The van der Waals surface area contributed by atoms with Gasteiger partial charge < -0.3 is 15.1 Å². The van der Waals surface area contributed by atoms with Crippen molar-refractivity contribution in [2.75, 3.05) is 5.32 Å². The highest BCUT2D eigenvalue weighted by Gasteiger charge is 2.29.